The molecule has 1 aromatic carbocycles. The Kier molecular flexibility index (Phi) is 4.34. The van der Waals surface area contributed by atoms with E-state index in [1.54, 1.807) is 32.9 Å². The number of rotatable bonds is 5. The molecule has 6 heteroatoms. The van der Waals surface area contributed by atoms with Crippen molar-refractivity contribution < 1.29 is 18.3 Å². The monoisotopic (exact) mass is 271 g/mol. The number of hydrogen-bond donors (Lipinski definition) is 2. The largest absolute Gasteiger partial charge is 0.478 e. The molecule has 0 aliphatic heterocycles. The first-order valence-corrected chi connectivity index (χ1v) is 7.21. The van der Waals surface area contributed by atoms with E-state index >= 15 is 0 Å². The fraction of sp³-hybridized carbons (Fsp3) is 0.417. The number of anilines is 1. The molecule has 0 saturated carbocycles. The van der Waals surface area contributed by atoms with Gasteiger partial charge < -0.3 is 5.11 Å². The number of carboxylic acid groups (broad SMARTS) is 1. The number of para-hydroxylation sites is 1. The topological polar surface area (TPSA) is 83.5 Å². The van der Waals surface area contributed by atoms with Gasteiger partial charge in [0.1, 0.15) is 0 Å². The molecule has 0 fully saturated rings. The van der Waals surface area contributed by atoms with Gasteiger partial charge in [-0.1, -0.05) is 26.0 Å². The molecule has 0 unspecified atom stereocenters. The summed E-state index contributed by atoms with van der Waals surface area (Å²) in [4.78, 5) is 11.0. The second kappa shape index (κ2) is 5.39. The van der Waals surface area contributed by atoms with Gasteiger partial charge in [-0.05, 0) is 24.5 Å². The average Bonchev–Trinajstić information content (AvgIpc) is 2.18. The molecule has 0 saturated heterocycles. The van der Waals surface area contributed by atoms with Crippen molar-refractivity contribution >= 4 is 21.7 Å². The van der Waals surface area contributed by atoms with E-state index in [9.17, 15) is 13.2 Å². The third-order valence-electron chi connectivity index (χ3n) is 2.31. The first-order valence-electron chi connectivity index (χ1n) is 5.56. The van der Waals surface area contributed by atoms with Crippen LogP contribution in [0.15, 0.2) is 18.2 Å². The molecule has 0 atom stereocenters. The molecule has 0 aliphatic rings. The zero-order valence-corrected chi connectivity index (χ0v) is 11.4. The molecule has 18 heavy (non-hydrogen) atoms. The Morgan fingerprint density at radius 2 is 2.00 bits per heavy atom. The molecular weight excluding hydrogens is 254 g/mol. The number of benzene rings is 1. The van der Waals surface area contributed by atoms with Gasteiger partial charge in [-0.3, -0.25) is 4.72 Å². The number of carboxylic acids is 1. The van der Waals surface area contributed by atoms with Crippen LogP contribution in [0.5, 0.6) is 0 Å². The maximum absolute atomic E-state index is 11.8. The molecule has 5 nitrogen and oxygen atoms in total. The van der Waals surface area contributed by atoms with Crippen LogP contribution >= 0.6 is 0 Å². The van der Waals surface area contributed by atoms with Crippen LogP contribution < -0.4 is 4.72 Å². The zero-order chi connectivity index (χ0) is 13.9. The number of aromatic carboxylic acids is 1. The van der Waals surface area contributed by atoms with Crippen molar-refractivity contribution in [3.8, 4) is 0 Å². The molecule has 0 radical (unpaired) electrons. The van der Waals surface area contributed by atoms with Crippen molar-refractivity contribution in [2.24, 2.45) is 5.92 Å². The normalized spacial score (nSPS) is 11.6. The Balaban J connectivity index is 3.15. The van der Waals surface area contributed by atoms with Crippen LogP contribution in [0, 0.1) is 12.8 Å². The summed E-state index contributed by atoms with van der Waals surface area (Å²) in [5.74, 6) is -1.22. The van der Waals surface area contributed by atoms with Gasteiger partial charge in [0, 0.05) is 0 Å². The number of hydrogen-bond acceptors (Lipinski definition) is 3. The quantitative estimate of drug-likeness (QED) is 0.859. The predicted octanol–water partition coefficient (Wildman–Crippen LogP) is 2.09. The minimum atomic E-state index is -3.53. The molecule has 1 aromatic rings. The third kappa shape index (κ3) is 3.73. The standard InChI is InChI=1S/C12H17NO4S/c1-8(2)7-18(16,17)13-11-9(3)5-4-6-10(11)12(14)15/h4-6,8,13H,7H2,1-3H3,(H,14,15). The van der Waals surface area contributed by atoms with Crippen LogP contribution in [0.3, 0.4) is 0 Å². The number of aryl methyl sites for hydroxylation is 1. The summed E-state index contributed by atoms with van der Waals surface area (Å²) >= 11 is 0. The van der Waals surface area contributed by atoms with Crippen LogP contribution in [-0.4, -0.2) is 25.2 Å². The molecule has 0 aromatic heterocycles. The van der Waals surface area contributed by atoms with E-state index in [-0.39, 0.29) is 22.9 Å². The first kappa shape index (κ1) is 14.5. The fourth-order valence-corrected chi connectivity index (χ4v) is 3.16. The van der Waals surface area contributed by atoms with Gasteiger partial charge in [0.05, 0.1) is 17.0 Å². The number of nitrogens with one attached hydrogen (secondary N) is 1. The third-order valence-corrected chi connectivity index (χ3v) is 3.93. The second-order valence-electron chi connectivity index (χ2n) is 4.58. The van der Waals surface area contributed by atoms with Gasteiger partial charge in [0.25, 0.3) is 0 Å². The van der Waals surface area contributed by atoms with Gasteiger partial charge in [-0.25, -0.2) is 13.2 Å². The Morgan fingerprint density at radius 1 is 1.39 bits per heavy atom. The van der Waals surface area contributed by atoms with Crippen molar-refractivity contribution in [2.75, 3.05) is 10.5 Å². The molecule has 0 aliphatic carbocycles. The van der Waals surface area contributed by atoms with E-state index in [0.29, 0.717) is 5.56 Å². The van der Waals surface area contributed by atoms with Crippen LogP contribution in [0.1, 0.15) is 29.8 Å². The average molecular weight is 271 g/mol. The molecule has 0 spiro atoms. The Labute approximate surface area is 107 Å². The van der Waals surface area contributed by atoms with E-state index in [1.807, 2.05) is 0 Å². The SMILES string of the molecule is Cc1cccc(C(=O)O)c1NS(=O)(=O)CC(C)C. The van der Waals surface area contributed by atoms with E-state index in [2.05, 4.69) is 4.72 Å². The van der Waals surface area contributed by atoms with E-state index in [0.717, 1.165) is 0 Å². The van der Waals surface area contributed by atoms with Crippen LogP contribution in [-0.2, 0) is 10.0 Å². The lowest BCUT2D eigenvalue weighted by Crippen LogP contribution is -2.22. The molecule has 0 amide bonds. The van der Waals surface area contributed by atoms with Crippen molar-refractivity contribution in [1.29, 1.82) is 0 Å². The Bertz CT molecular complexity index is 549. The summed E-state index contributed by atoms with van der Waals surface area (Å²) in [7, 11) is -3.53. The molecular formula is C12H17NO4S. The zero-order valence-electron chi connectivity index (χ0n) is 10.6. The van der Waals surface area contributed by atoms with Crippen molar-refractivity contribution in [3.63, 3.8) is 0 Å². The Morgan fingerprint density at radius 3 is 2.50 bits per heavy atom. The minimum Gasteiger partial charge on any atom is -0.478 e. The summed E-state index contributed by atoms with van der Waals surface area (Å²) in [6.45, 7) is 5.24. The van der Waals surface area contributed by atoms with Gasteiger partial charge in [0.2, 0.25) is 10.0 Å². The van der Waals surface area contributed by atoms with Crippen molar-refractivity contribution in [1.82, 2.24) is 0 Å². The fourth-order valence-electron chi connectivity index (χ4n) is 1.62. The van der Waals surface area contributed by atoms with Crippen LogP contribution in [0.4, 0.5) is 5.69 Å². The number of sulfonamides is 1. The van der Waals surface area contributed by atoms with Crippen LogP contribution in [0.2, 0.25) is 0 Å². The minimum absolute atomic E-state index is 0.0280. The smallest absolute Gasteiger partial charge is 0.337 e. The second-order valence-corrected chi connectivity index (χ2v) is 6.35. The van der Waals surface area contributed by atoms with Gasteiger partial charge >= 0.3 is 5.97 Å². The highest BCUT2D eigenvalue weighted by Crippen LogP contribution is 2.22. The summed E-state index contributed by atoms with van der Waals surface area (Å²) in [6, 6.07) is 4.63. The highest BCUT2D eigenvalue weighted by Gasteiger charge is 2.18. The van der Waals surface area contributed by atoms with E-state index in [1.165, 1.54) is 6.07 Å². The number of carbonyl (C=O) groups is 1. The van der Waals surface area contributed by atoms with Gasteiger partial charge in [0.15, 0.2) is 0 Å². The molecule has 100 valence electrons. The van der Waals surface area contributed by atoms with Crippen LogP contribution in [0.25, 0.3) is 0 Å². The van der Waals surface area contributed by atoms with Gasteiger partial charge in [-0.2, -0.15) is 0 Å². The molecule has 0 heterocycles. The first-order chi connectivity index (χ1) is 8.23. The molecule has 2 N–H and O–H groups in total. The summed E-state index contributed by atoms with van der Waals surface area (Å²) in [5, 5.41) is 9.03. The lowest BCUT2D eigenvalue weighted by molar-refractivity contribution is 0.0698. The molecule has 1 rings (SSSR count). The maximum atomic E-state index is 11.8. The summed E-state index contributed by atoms with van der Waals surface area (Å²) in [6.07, 6.45) is 0. The lowest BCUT2D eigenvalue weighted by atomic mass is 10.1. The van der Waals surface area contributed by atoms with Gasteiger partial charge in [-0.15, -0.1) is 0 Å². The highest BCUT2D eigenvalue weighted by atomic mass is 32.2. The predicted molar refractivity (Wildman–Crippen MR) is 70.4 cm³/mol. The van der Waals surface area contributed by atoms with Crippen molar-refractivity contribution in [2.45, 2.75) is 20.8 Å². The lowest BCUT2D eigenvalue weighted by Gasteiger charge is -2.14. The van der Waals surface area contributed by atoms with Crippen molar-refractivity contribution in [3.05, 3.63) is 29.3 Å². The highest BCUT2D eigenvalue weighted by molar-refractivity contribution is 7.92. The molecule has 0 bridgehead atoms. The van der Waals surface area contributed by atoms with E-state index < -0.39 is 16.0 Å². The van der Waals surface area contributed by atoms with E-state index in [4.69, 9.17) is 5.11 Å². The Hall–Kier alpha value is -1.56. The summed E-state index contributed by atoms with van der Waals surface area (Å²) in [5.41, 5.74) is 0.690. The maximum Gasteiger partial charge on any atom is 0.337 e. The summed E-state index contributed by atoms with van der Waals surface area (Å²) < 4.78 is 26.0.